The molecule has 2 heterocycles. The quantitative estimate of drug-likeness (QED) is 0.785. The number of nitrogens with one attached hydrogen (secondary N) is 1. The summed E-state index contributed by atoms with van der Waals surface area (Å²) in [7, 11) is 0. The van der Waals surface area contributed by atoms with Crippen LogP contribution in [0.5, 0.6) is 0 Å². The van der Waals surface area contributed by atoms with Crippen molar-refractivity contribution in [2.24, 2.45) is 0 Å². The number of benzene rings is 1. The number of hydrogen-bond donors (Lipinski definition) is 1. The molecule has 6 heteroatoms. The molecule has 0 aliphatic rings. The molecule has 0 unspecified atom stereocenters. The summed E-state index contributed by atoms with van der Waals surface area (Å²) in [5, 5.41) is 6.63. The van der Waals surface area contributed by atoms with E-state index in [9.17, 15) is 13.6 Å². The van der Waals surface area contributed by atoms with Crippen LogP contribution in [0.2, 0.25) is 0 Å². The first-order chi connectivity index (χ1) is 11.1. The molecule has 116 valence electrons. The van der Waals surface area contributed by atoms with Crippen LogP contribution in [0.4, 0.5) is 8.78 Å². The Morgan fingerprint density at radius 2 is 2.04 bits per heavy atom. The van der Waals surface area contributed by atoms with Gasteiger partial charge in [0.2, 0.25) is 0 Å². The molecule has 0 saturated carbocycles. The molecule has 3 rings (SSSR count). The summed E-state index contributed by atoms with van der Waals surface area (Å²) >= 11 is 1.56. The number of halogens is 2. The third-order valence-corrected chi connectivity index (χ3v) is 3.99. The van der Waals surface area contributed by atoms with Gasteiger partial charge in [-0.25, -0.2) is 8.78 Å². The molecular formula is C17H12F2N2OS. The van der Waals surface area contributed by atoms with Gasteiger partial charge in [0.1, 0.15) is 0 Å². The van der Waals surface area contributed by atoms with Crippen LogP contribution in [0.3, 0.4) is 0 Å². The molecule has 2 aromatic heterocycles. The molecule has 1 aromatic carbocycles. The van der Waals surface area contributed by atoms with E-state index in [0.29, 0.717) is 0 Å². The minimum Gasteiger partial charge on any atom is -0.348 e. The molecule has 0 fully saturated rings. The average Bonchev–Trinajstić information content (AvgIpc) is 3.10. The minimum atomic E-state index is -1.04. The molecule has 23 heavy (non-hydrogen) atoms. The van der Waals surface area contributed by atoms with Crippen molar-refractivity contribution in [1.82, 2.24) is 10.3 Å². The highest BCUT2D eigenvalue weighted by Gasteiger charge is 2.11. The Morgan fingerprint density at radius 3 is 2.78 bits per heavy atom. The van der Waals surface area contributed by atoms with Crippen molar-refractivity contribution in [1.29, 1.82) is 0 Å². The molecule has 0 saturated heterocycles. The Bertz CT molecular complexity index is 834. The molecule has 0 bridgehead atoms. The van der Waals surface area contributed by atoms with Gasteiger partial charge in [-0.2, -0.15) is 11.3 Å². The molecule has 0 aliphatic heterocycles. The van der Waals surface area contributed by atoms with E-state index in [1.807, 2.05) is 22.9 Å². The van der Waals surface area contributed by atoms with Crippen LogP contribution in [-0.4, -0.2) is 10.9 Å². The maximum absolute atomic E-state index is 13.2. The van der Waals surface area contributed by atoms with Crippen LogP contribution < -0.4 is 5.32 Å². The Kier molecular flexibility index (Phi) is 4.43. The SMILES string of the molecule is O=C(NCc1cccnc1-c1ccsc1)c1ccc(F)c(F)c1. The van der Waals surface area contributed by atoms with Crippen molar-refractivity contribution in [2.75, 3.05) is 0 Å². The lowest BCUT2D eigenvalue weighted by atomic mass is 10.1. The largest absolute Gasteiger partial charge is 0.348 e. The number of rotatable bonds is 4. The molecule has 1 N–H and O–H groups in total. The summed E-state index contributed by atoms with van der Waals surface area (Å²) < 4.78 is 26.1. The van der Waals surface area contributed by atoms with Gasteiger partial charge < -0.3 is 5.32 Å². The van der Waals surface area contributed by atoms with Crippen LogP contribution in [-0.2, 0) is 6.54 Å². The Hall–Kier alpha value is -2.60. The van der Waals surface area contributed by atoms with Crippen LogP contribution >= 0.6 is 11.3 Å². The Balaban J connectivity index is 1.76. The number of carbonyl (C=O) groups excluding carboxylic acids is 1. The van der Waals surface area contributed by atoms with Gasteiger partial charge in [-0.1, -0.05) is 6.07 Å². The van der Waals surface area contributed by atoms with Crippen molar-refractivity contribution >= 4 is 17.2 Å². The summed E-state index contributed by atoms with van der Waals surface area (Å²) in [6.07, 6.45) is 1.69. The van der Waals surface area contributed by atoms with Gasteiger partial charge in [0.05, 0.1) is 5.69 Å². The van der Waals surface area contributed by atoms with Crippen molar-refractivity contribution < 1.29 is 13.6 Å². The second-order valence-corrected chi connectivity index (χ2v) is 5.61. The van der Waals surface area contributed by atoms with Crippen molar-refractivity contribution in [3.05, 3.63) is 76.1 Å². The summed E-state index contributed by atoms with van der Waals surface area (Å²) in [6, 6.07) is 8.67. The van der Waals surface area contributed by atoms with E-state index in [1.54, 1.807) is 23.6 Å². The number of nitrogens with zero attached hydrogens (tertiary/aromatic N) is 1. The maximum atomic E-state index is 13.2. The zero-order chi connectivity index (χ0) is 16.2. The molecule has 3 aromatic rings. The molecule has 3 nitrogen and oxygen atoms in total. The number of carbonyl (C=O) groups is 1. The number of amides is 1. The van der Waals surface area contributed by atoms with Gasteiger partial charge in [-0.05, 0) is 41.3 Å². The third-order valence-electron chi connectivity index (χ3n) is 3.31. The van der Waals surface area contributed by atoms with E-state index in [0.717, 1.165) is 29.0 Å². The van der Waals surface area contributed by atoms with Gasteiger partial charge in [-0.15, -0.1) is 0 Å². The zero-order valence-electron chi connectivity index (χ0n) is 11.9. The van der Waals surface area contributed by atoms with Crippen LogP contribution in [0.1, 0.15) is 15.9 Å². The van der Waals surface area contributed by atoms with Crippen molar-refractivity contribution in [3.8, 4) is 11.3 Å². The molecule has 0 spiro atoms. The lowest BCUT2D eigenvalue weighted by molar-refractivity contribution is 0.0950. The highest BCUT2D eigenvalue weighted by atomic mass is 32.1. The van der Waals surface area contributed by atoms with E-state index in [2.05, 4.69) is 10.3 Å². The van der Waals surface area contributed by atoms with Crippen LogP contribution in [0.25, 0.3) is 11.3 Å². The van der Waals surface area contributed by atoms with Gasteiger partial charge in [0, 0.05) is 29.2 Å². The van der Waals surface area contributed by atoms with E-state index >= 15 is 0 Å². The number of thiophene rings is 1. The lowest BCUT2D eigenvalue weighted by Gasteiger charge is -2.09. The zero-order valence-corrected chi connectivity index (χ0v) is 12.7. The topological polar surface area (TPSA) is 42.0 Å². The smallest absolute Gasteiger partial charge is 0.251 e. The van der Waals surface area contributed by atoms with Crippen molar-refractivity contribution in [2.45, 2.75) is 6.54 Å². The highest BCUT2D eigenvalue weighted by molar-refractivity contribution is 7.08. The van der Waals surface area contributed by atoms with E-state index in [1.165, 1.54) is 6.07 Å². The predicted molar refractivity (Wildman–Crippen MR) is 85.1 cm³/mol. The van der Waals surface area contributed by atoms with Gasteiger partial charge >= 0.3 is 0 Å². The Morgan fingerprint density at radius 1 is 1.17 bits per heavy atom. The fourth-order valence-electron chi connectivity index (χ4n) is 2.16. The minimum absolute atomic E-state index is 0.0740. The summed E-state index contributed by atoms with van der Waals surface area (Å²) in [5.41, 5.74) is 2.69. The summed E-state index contributed by atoms with van der Waals surface area (Å²) in [4.78, 5) is 16.4. The standard InChI is InChI=1S/C17H12F2N2OS/c18-14-4-3-11(8-15(14)19)17(22)21-9-12-2-1-6-20-16(12)13-5-7-23-10-13/h1-8,10H,9H2,(H,21,22). The van der Waals surface area contributed by atoms with E-state index < -0.39 is 17.5 Å². The predicted octanol–water partition coefficient (Wildman–Crippen LogP) is 4.02. The molecule has 1 amide bonds. The molecular weight excluding hydrogens is 318 g/mol. The molecule has 0 aliphatic carbocycles. The monoisotopic (exact) mass is 330 g/mol. The van der Waals surface area contributed by atoms with Crippen LogP contribution in [0, 0.1) is 11.6 Å². The number of aromatic nitrogens is 1. The van der Waals surface area contributed by atoms with E-state index in [4.69, 9.17) is 0 Å². The van der Waals surface area contributed by atoms with Crippen LogP contribution in [0.15, 0.2) is 53.4 Å². The molecule has 0 radical (unpaired) electrons. The number of pyridine rings is 1. The molecule has 0 atom stereocenters. The normalized spacial score (nSPS) is 10.5. The summed E-state index contributed by atoms with van der Waals surface area (Å²) in [5.74, 6) is -2.49. The number of hydrogen-bond acceptors (Lipinski definition) is 3. The first-order valence-corrected chi connectivity index (χ1v) is 7.79. The maximum Gasteiger partial charge on any atom is 0.251 e. The first kappa shape index (κ1) is 15.3. The fraction of sp³-hybridized carbons (Fsp3) is 0.0588. The van der Waals surface area contributed by atoms with Crippen molar-refractivity contribution in [3.63, 3.8) is 0 Å². The second kappa shape index (κ2) is 6.66. The third kappa shape index (κ3) is 3.43. The lowest BCUT2D eigenvalue weighted by Crippen LogP contribution is -2.23. The van der Waals surface area contributed by atoms with Gasteiger partial charge in [0.15, 0.2) is 11.6 Å². The second-order valence-electron chi connectivity index (χ2n) is 4.83. The van der Waals surface area contributed by atoms with E-state index in [-0.39, 0.29) is 12.1 Å². The van der Waals surface area contributed by atoms with Gasteiger partial charge in [0.25, 0.3) is 5.91 Å². The summed E-state index contributed by atoms with van der Waals surface area (Å²) in [6.45, 7) is 0.247. The Labute approximate surface area is 135 Å². The average molecular weight is 330 g/mol. The van der Waals surface area contributed by atoms with Gasteiger partial charge in [-0.3, -0.25) is 9.78 Å². The fourth-order valence-corrected chi connectivity index (χ4v) is 2.80. The first-order valence-electron chi connectivity index (χ1n) is 6.85. The highest BCUT2D eigenvalue weighted by Crippen LogP contribution is 2.23.